The first-order valence-electron chi connectivity index (χ1n) is 6.44. The molecular formula is C14H15Cl2N3OS. The van der Waals surface area contributed by atoms with Gasteiger partial charge in [-0.3, -0.25) is 4.79 Å². The normalized spacial score (nSPS) is 12.0. The fourth-order valence-electron chi connectivity index (χ4n) is 1.75. The van der Waals surface area contributed by atoms with Crippen LogP contribution in [0.2, 0.25) is 10.0 Å². The number of nitrogens with zero attached hydrogens (tertiary/aromatic N) is 1. The first kappa shape index (κ1) is 16.1. The minimum absolute atomic E-state index is 0.150. The first-order chi connectivity index (χ1) is 9.99. The second kappa shape index (κ2) is 7.11. The Morgan fingerprint density at radius 2 is 2.19 bits per heavy atom. The van der Waals surface area contributed by atoms with Crippen molar-refractivity contribution in [3.8, 4) is 0 Å². The minimum atomic E-state index is -0.412. The van der Waals surface area contributed by atoms with E-state index >= 15 is 0 Å². The number of halogens is 2. The summed E-state index contributed by atoms with van der Waals surface area (Å²) in [5.74, 6) is -0.150. The van der Waals surface area contributed by atoms with Crippen molar-refractivity contribution in [3.05, 3.63) is 39.3 Å². The van der Waals surface area contributed by atoms with Crippen LogP contribution in [0.25, 0.3) is 0 Å². The van der Waals surface area contributed by atoms with E-state index in [1.807, 2.05) is 19.2 Å². The van der Waals surface area contributed by atoms with E-state index in [9.17, 15) is 4.79 Å². The van der Waals surface area contributed by atoms with Crippen molar-refractivity contribution in [1.82, 2.24) is 4.98 Å². The zero-order chi connectivity index (χ0) is 15.4. The summed E-state index contributed by atoms with van der Waals surface area (Å²) in [4.78, 5) is 16.5. The van der Waals surface area contributed by atoms with Crippen LogP contribution in [0.15, 0.2) is 23.6 Å². The van der Waals surface area contributed by atoms with Crippen LogP contribution in [0.5, 0.6) is 0 Å². The third-order valence-electron chi connectivity index (χ3n) is 2.83. The topological polar surface area (TPSA) is 54.0 Å². The third kappa shape index (κ3) is 4.33. The Morgan fingerprint density at radius 1 is 1.43 bits per heavy atom. The Labute approximate surface area is 137 Å². The summed E-state index contributed by atoms with van der Waals surface area (Å²) in [6.45, 7) is 3.80. The molecule has 0 aliphatic heterocycles. The van der Waals surface area contributed by atoms with Crippen molar-refractivity contribution in [3.63, 3.8) is 0 Å². The van der Waals surface area contributed by atoms with Crippen molar-refractivity contribution < 1.29 is 4.79 Å². The average Bonchev–Trinajstić information content (AvgIpc) is 2.84. The molecular weight excluding hydrogens is 329 g/mol. The van der Waals surface area contributed by atoms with Gasteiger partial charge in [0.25, 0.3) is 0 Å². The lowest BCUT2D eigenvalue weighted by Gasteiger charge is -2.18. The number of benzene rings is 1. The van der Waals surface area contributed by atoms with E-state index < -0.39 is 6.04 Å². The number of hydrogen-bond donors (Lipinski definition) is 2. The lowest BCUT2D eigenvalue weighted by atomic mass is 10.2. The molecule has 0 unspecified atom stereocenters. The van der Waals surface area contributed by atoms with Crippen molar-refractivity contribution in [2.24, 2.45) is 0 Å². The molecule has 0 aliphatic rings. The Morgan fingerprint density at radius 3 is 2.81 bits per heavy atom. The van der Waals surface area contributed by atoms with E-state index in [4.69, 9.17) is 23.2 Å². The molecule has 2 rings (SSSR count). The third-order valence-corrected chi connectivity index (χ3v) is 4.27. The van der Waals surface area contributed by atoms with Crippen LogP contribution >= 0.6 is 34.5 Å². The van der Waals surface area contributed by atoms with Gasteiger partial charge in [0, 0.05) is 10.4 Å². The monoisotopic (exact) mass is 343 g/mol. The van der Waals surface area contributed by atoms with Crippen LogP contribution in [-0.2, 0) is 4.79 Å². The molecule has 0 radical (unpaired) electrons. The van der Waals surface area contributed by atoms with Gasteiger partial charge in [0.1, 0.15) is 6.04 Å². The number of aromatic nitrogens is 1. The van der Waals surface area contributed by atoms with Crippen LogP contribution in [0.3, 0.4) is 0 Å². The highest BCUT2D eigenvalue weighted by Gasteiger charge is 2.18. The molecule has 0 spiro atoms. The number of aryl methyl sites for hydroxylation is 1. The summed E-state index contributed by atoms with van der Waals surface area (Å²) >= 11 is 13.5. The predicted octanol–water partition coefficient (Wildman–Crippen LogP) is 4.59. The molecule has 112 valence electrons. The zero-order valence-corrected chi connectivity index (χ0v) is 13.9. The summed E-state index contributed by atoms with van der Waals surface area (Å²) in [6.07, 6.45) is 0.610. The standard InChI is InChI=1S/C14H15Cl2N3OS/c1-3-11(13(20)19-14-17-8(2)7-21-14)18-12-6-9(15)4-5-10(12)16/h4-7,11,18H,3H2,1-2H3,(H,17,19,20)/t11-/m0/s1. The van der Waals surface area contributed by atoms with E-state index in [0.717, 1.165) is 5.69 Å². The Bertz CT molecular complexity index is 645. The number of carbonyl (C=O) groups is 1. The Kier molecular flexibility index (Phi) is 5.45. The number of thiazole rings is 1. The predicted molar refractivity (Wildman–Crippen MR) is 89.6 cm³/mol. The lowest BCUT2D eigenvalue weighted by molar-refractivity contribution is -0.116. The summed E-state index contributed by atoms with van der Waals surface area (Å²) in [5, 5.41) is 9.48. The molecule has 1 heterocycles. The molecule has 2 N–H and O–H groups in total. The molecule has 0 saturated heterocycles. The number of amides is 1. The van der Waals surface area contributed by atoms with E-state index in [-0.39, 0.29) is 5.91 Å². The molecule has 0 fully saturated rings. The molecule has 7 heteroatoms. The Balaban J connectivity index is 2.08. The molecule has 1 aromatic heterocycles. The van der Waals surface area contributed by atoms with Crippen LogP contribution in [0.1, 0.15) is 19.0 Å². The van der Waals surface area contributed by atoms with E-state index in [2.05, 4.69) is 15.6 Å². The molecule has 1 atom stereocenters. The summed E-state index contributed by atoms with van der Waals surface area (Å²) in [6, 6.07) is 4.69. The maximum atomic E-state index is 12.3. The van der Waals surface area contributed by atoms with Gasteiger partial charge in [-0.2, -0.15) is 0 Å². The number of anilines is 2. The maximum Gasteiger partial charge on any atom is 0.248 e. The molecule has 2 aromatic rings. The SMILES string of the molecule is CC[C@H](Nc1cc(Cl)ccc1Cl)C(=O)Nc1nc(C)cs1. The van der Waals surface area contributed by atoms with Crippen LogP contribution < -0.4 is 10.6 Å². The van der Waals surface area contributed by atoms with Crippen LogP contribution in [0.4, 0.5) is 10.8 Å². The van der Waals surface area contributed by atoms with Crippen molar-refractivity contribution >= 4 is 51.3 Å². The van der Waals surface area contributed by atoms with Crippen LogP contribution in [-0.4, -0.2) is 16.9 Å². The molecule has 1 aromatic carbocycles. The second-order valence-electron chi connectivity index (χ2n) is 4.51. The lowest BCUT2D eigenvalue weighted by Crippen LogP contribution is -2.34. The molecule has 0 saturated carbocycles. The van der Waals surface area contributed by atoms with Gasteiger partial charge in [-0.1, -0.05) is 30.1 Å². The van der Waals surface area contributed by atoms with Gasteiger partial charge < -0.3 is 10.6 Å². The van der Waals surface area contributed by atoms with Gasteiger partial charge in [0.05, 0.1) is 16.4 Å². The van der Waals surface area contributed by atoms with Gasteiger partial charge in [0.2, 0.25) is 5.91 Å². The Hall–Kier alpha value is -1.30. The number of rotatable bonds is 5. The number of hydrogen-bond acceptors (Lipinski definition) is 4. The minimum Gasteiger partial charge on any atom is -0.372 e. The molecule has 4 nitrogen and oxygen atoms in total. The van der Waals surface area contributed by atoms with Gasteiger partial charge in [0.15, 0.2) is 5.13 Å². The first-order valence-corrected chi connectivity index (χ1v) is 8.07. The van der Waals surface area contributed by atoms with E-state index in [1.165, 1.54) is 11.3 Å². The maximum absolute atomic E-state index is 12.3. The average molecular weight is 344 g/mol. The van der Waals surface area contributed by atoms with Crippen molar-refractivity contribution in [2.45, 2.75) is 26.3 Å². The fourth-order valence-corrected chi connectivity index (χ4v) is 2.79. The second-order valence-corrected chi connectivity index (χ2v) is 6.21. The molecule has 21 heavy (non-hydrogen) atoms. The van der Waals surface area contributed by atoms with Crippen molar-refractivity contribution in [2.75, 3.05) is 10.6 Å². The molecule has 0 aliphatic carbocycles. The van der Waals surface area contributed by atoms with Gasteiger partial charge in [-0.25, -0.2) is 4.98 Å². The fraction of sp³-hybridized carbons (Fsp3) is 0.286. The van der Waals surface area contributed by atoms with Gasteiger partial charge >= 0.3 is 0 Å². The summed E-state index contributed by atoms with van der Waals surface area (Å²) in [7, 11) is 0. The molecule has 1 amide bonds. The highest BCUT2D eigenvalue weighted by molar-refractivity contribution is 7.13. The van der Waals surface area contributed by atoms with E-state index in [1.54, 1.807) is 18.2 Å². The number of carbonyl (C=O) groups excluding carboxylic acids is 1. The zero-order valence-electron chi connectivity index (χ0n) is 11.6. The van der Waals surface area contributed by atoms with E-state index in [0.29, 0.717) is 27.3 Å². The smallest absolute Gasteiger partial charge is 0.248 e. The largest absolute Gasteiger partial charge is 0.372 e. The van der Waals surface area contributed by atoms with Gasteiger partial charge in [-0.05, 0) is 31.5 Å². The quantitative estimate of drug-likeness (QED) is 0.834. The molecule has 0 bridgehead atoms. The van der Waals surface area contributed by atoms with Crippen LogP contribution in [0, 0.1) is 6.92 Å². The van der Waals surface area contributed by atoms with Gasteiger partial charge in [-0.15, -0.1) is 11.3 Å². The summed E-state index contributed by atoms with van der Waals surface area (Å²) in [5.41, 5.74) is 1.52. The van der Waals surface area contributed by atoms with Crippen molar-refractivity contribution in [1.29, 1.82) is 0 Å². The highest BCUT2D eigenvalue weighted by atomic mass is 35.5. The summed E-state index contributed by atoms with van der Waals surface area (Å²) < 4.78 is 0. The highest BCUT2D eigenvalue weighted by Crippen LogP contribution is 2.26. The number of nitrogens with one attached hydrogen (secondary N) is 2.